The lowest BCUT2D eigenvalue weighted by molar-refractivity contribution is -0.0611. The fraction of sp³-hybridized carbons (Fsp3) is 0.600. The third-order valence-corrected chi connectivity index (χ3v) is 4.92. The van der Waals surface area contributed by atoms with Gasteiger partial charge in [0.2, 0.25) is 0 Å². The van der Waals surface area contributed by atoms with E-state index in [1.165, 1.54) is 0 Å². The molecule has 0 amide bonds. The second-order valence-corrected chi connectivity index (χ2v) is 7.03. The van der Waals surface area contributed by atoms with Crippen LogP contribution in [-0.2, 0) is 11.2 Å². The predicted molar refractivity (Wildman–Crippen MR) is 85.3 cm³/mol. The average Bonchev–Trinajstić information content (AvgIpc) is 2.42. The lowest BCUT2D eigenvalue weighted by atomic mass is 9.89. The summed E-state index contributed by atoms with van der Waals surface area (Å²) in [6.07, 6.45) is 0.0792. The molecule has 1 aliphatic heterocycles. The minimum absolute atomic E-state index is 0.291. The summed E-state index contributed by atoms with van der Waals surface area (Å²) in [5, 5.41) is 11.3. The van der Waals surface area contributed by atoms with Crippen molar-refractivity contribution in [1.82, 2.24) is 4.90 Å². The van der Waals surface area contributed by atoms with Gasteiger partial charge < -0.3 is 9.84 Å². The first-order chi connectivity index (χ1) is 9.41. The zero-order valence-corrected chi connectivity index (χ0v) is 14.2. The number of aliphatic hydroxyl groups is 1. The molecule has 20 heavy (non-hydrogen) atoms. The molecule has 0 radical (unpaired) electrons. The second kappa shape index (κ2) is 6.75. The van der Waals surface area contributed by atoms with Crippen LogP contribution in [0.25, 0.3) is 0 Å². The van der Waals surface area contributed by atoms with Gasteiger partial charge in [-0.05, 0) is 31.5 Å². The van der Waals surface area contributed by atoms with Gasteiger partial charge >= 0.3 is 0 Å². The van der Waals surface area contributed by atoms with Crippen LogP contribution >= 0.6 is 27.5 Å². The molecule has 0 aliphatic carbocycles. The van der Waals surface area contributed by atoms with Crippen molar-refractivity contribution in [1.29, 1.82) is 0 Å². The van der Waals surface area contributed by atoms with Crippen molar-refractivity contribution in [3.05, 3.63) is 33.3 Å². The van der Waals surface area contributed by atoms with Gasteiger partial charge in [-0.15, -0.1) is 0 Å². The van der Waals surface area contributed by atoms with Gasteiger partial charge in [0, 0.05) is 34.5 Å². The van der Waals surface area contributed by atoms with Crippen LogP contribution in [0.15, 0.2) is 22.7 Å². The van der Waals surface area contributed by atoms with E-state index in [2.05, 4.69) is 34.7 Å². The molecule has 3 nitrogen and oxygen atoms in total. The first-order valence-electron chi connectivity index (χ1n) is 6.86. The smallest absolute Gasteiger partial charge is 0.0759 e. The Labute approximate surface area is 134 Å². The van der Waals surface area contributed by atoms with Gasteiger partial charge in [0.05, 0.1) is 19.3 Å². The lowest BCUT2D eigenvalue weighted by Gasteiger charge is -2.43. The van der Waals surface area contributed by atoms with Crippen molar-refractivity contribution in [2.24, 2.45) is 0 Å². The number of hydrogen-bond donors (Lipinski definition) is 1. The number of ether oxygens (including phenoxy) is 1. The monoisotopic (exact) mass is 361 g/mol. The topological polar surface area (TPSA) is 32.7 Å². The Hall–Kier alpha value is -0.130. The second-order valence-electron chi connectivity index (χ2n) is 5.71. The highest BCUT2D eigenvalue weighted by Gasteiger charge is 2.35. The van der Waals surface area contributed by atoms with Crippen LogP contribution in [0.2, 0.25) is 5.02 Å². The molecule has 0 aromatic heterocycles. The number of benzene rings is 1. The summed E-state index contributed by atoms with van der Waals surface area (Å²) in [5.41, 5.74) is 0.684. The van der Waals surface area contributed by atoms with Crippen LogP contribution in [0.5, 0.6) is 0 Å². The van der Waals surface area contributed by atoms with E-state index in [1.54, 1.807) is 0 Å². The van der Waals surface area contributed by atoms with Crippen LogP contribution in [0, 0.1) is 0 Å². The summed E-state index contributed by atoms with van der Waals surface area (Å²) < 4.78 is 6.33. The van der Waals surface area contributed by atoms with Crippen molar-refractivity contribution in [2.75, 3.05) is 26.3 Å². The van der Waals surface area contributed by atoms with Crippen molar-refractivity contribution in [3.63, 3.8) is 0 Å². The molecular formula is C15H21BrClNO2. The SMILES string of the molecule is CC(C)(C(O)Cc1ccc(Br)cc1Cl)N1CCOCC1. The van der Waals surface area contributed by atoms with Gasteiger partial charge in [0.15, 0.2) is 0 Å². The van der Waals surface area contributed by atoms with Crippen LogP contribution in [0.4, 0.5) is 0 Å². The maximum absolute atomic E-state index is 10.6. The van der Waals surface area contributed by atoms with Crippen molar-refractivity contribution in [3.8, 4) is 0 Å². The molecule has 1 saturated heterocycles. The van der Waals surface area contributed by atoms with E-state index in [1.807, 2.05) is 18.2 Å². The van der Waals surface area contributed by atoms with E-state index in [9.17, 15) is 5.11 Å². The normalized spacial score (nSPS) is 19.1. The first kappa shape index (κ1) is 16.2. The molecule has 112 valence electrons. The van der Waals surface area contributed by atoms with Gasteiger partial charge in [-0.3, -0.25) is 4.90 Å². The molecule has 2 rings (SSSR count). The van der Waals surface area contributed by atoms with E-state index in [4.69, 9.17) is 16.3 Å². The average molecular weight is 363 g/mol. The highest BCUT2D eigenvalue weighted by atomic mass is 79.9. The zero-order valence-electron chi connectivity index (χ0n) is 11.9. The first-order valence-corrected chi connectivity index (χ1v) is 8.03. The van der Waals surface area contributed by atoms with Crippen molar-refractivity contribution >= 4 is 27.5 Å². The third kappa shape index (κ3) is 3.74. The van der Waals surface area contributed by atoms with Gasteiger partial charge in [-0.1, -0.05) is 33.6 Å². The Morgan fingerprint density at radius 1 is 1.40 bits per heavy atom. The Bertz CT molecular complexity index is 461. The zero-order chi connectivity index (χ0) is 14.8. The molecule has 1 unspecified atom stereocenters. The molecule has 0 saturated carbocycles. The van der Waals surface area contributed by atoms with E-state index in [0.717, 1.165) is 36.3 Å². The third-order valence-electron chi connectivity index (χ3n) is 4.07. The molecule has 1 aromatic carbocycles. The maximum atomic E-state index is 10.6. The molecule has 0 spiro atoms. The Morgan fingerprint density at radius 2 is 2.05 bits per heavy atom. The quantitative estimate of drug-likeness (QED) is 0.893. The summed E-state index contributed by atoms with van der Waals surface area (Å²) in [4.78, 5) is 2.29. The van der Waals surface area contributed by atoms with Crippen LogP contribution < -0.4 is 0 Å². The summed E-state index contributed by atoms with van der Waals surface area (Å²) in [5.74, 6) is 0. The fourth-order valence-corrected chi connectivity index (χ4v) is 3.25. The van der Waals surface area contributed by atoms with Gasteiger partial charge in [-0.25, -0.2) is 0 Å². The van der Waals surface area contributed by atoms with Gasteiger partial charge in [0.1, 0.15) is 0 Å². The lowest BCUT2D eigenvalue weighted by Crippen LogP contribution is -2.56. The van der Waals surface area contributed by atoms with Gasteiger partial charge in [0.25, 0.3) is 0 Å². The minimum Gasteiger partial charge on any atom is -0.391 e. The molecule has 0 bridgehead atoms. The Morgan fingerprint density at radius 3 is 2.65 bits per heavy atom. The molecule has 1 atom stereocenters. The largest absolute Gasteiger partial charge is 0.391 e. The van der Waals surface area contributed by atoms with E-state index in [0.29, 0.717) is 11.4 Å². The molecule has 5 heteroatoms. The minimum atomic E-state index is -0.473. The number of aliphatic hydroxyl groups excluding tert-OH is 1. The summed E-state index contributed by atoms with van der Waals surface area (Å²) in [6.45, 7) is 7.34. The van der Waals surface area contributed by atoms with Crippen LogP contribution in [0.3, 0.4) is 0 Å². The molecule has 1 fully saturated rings. The molecular weight excluding hydrogens is 342 g/mol. The van der Waals surface area contributed by atoms with E-state index in [-0.39, 0.29) is 5.54 Å². The Kier molecular flexibility index (Phi) is 5.49. The number of morpholine rings is 1. The van der Waals surface area contributed by atoms with Gasteiger partial charge in [-0.2, -0.15) is 0 Å². The Balaban J connectivity index is 2.07. The molecule has 1 aromatic rings. The summed E-state index contributed by atoms with van der Waals surface area (Å²) >= 11 is 9.63. The van der Waals surface area contributed by atoms with Crippen molar-refractivity contribution < 1.29 is 9.84 Å². The maximum Gasteiger partial charge on any atom is 0.0759 e. The standard InChI is InChI=1S/C15H21BrClNO2/c1-15(2,18-5-7-20-8-6-18)14(19)9-11-3-4-12(16)10-13(11)17/h3-4,10,14,19H,5-9H2,1-2H3. The van der Waals surface area contributed by atoms with E-state index < -0.39 is 6.10 Å². The van der Waals surface area contributed by atoms with Crippen LogP contribution in [0.1, 0.15) is 19.4 Å². The number of rotatable bonds is 4. The number of hydrogen-bond acceptors (Lipinski definition) is 3. The van der Waals surface area contributed by atoms with Crippen LogP contribution in [-0.4, -0.2) is 48.0 Å². The molecule has 1 heterocycles. The molecule has 1 N–H and O–H groups in total. The number of nitrogens with zero attached hydrogens (tertiary/aromatic N) is 1. The molecule has 1 aliphatic rings. The highest BCUT2D eigenvalue weighted by molar-refractivity contribution is 9.10. The van der Waals surface area contributed by atoms with Crippen molar-refractivity contribution in [2.45, 2.75) is 31.9 Å². The predicted octanol–water partition coefficient (Wildman–Crippen LogP) is 3.12. The number of halogens is 2. The summed E-state index contributed by atoms with van der Waals surface area (Å²) in [6, 6.07) is 5.78. The highest BCUT2D eigenvalue weighted by Crippen LogP contribution is 2.27. The van der Waals surface area contributed by atoms with E-state index >= 15 is 0 Å². The fourth-order valence-electron chi connectivity index (χ4n) is 2.50. The summed E-state index contributed by atoms with van der Waals surface area (Å²) in [7, 11) is 0.